The van der Waals surface area contributed by atoms with Gasteiger partial charge in [-0.25, -0.2) is 9.97 Å². The molecule has 0 aromatic carbocycles. The highest BCUT2D eigenvalue weighted by Gasteiger charge is 2.52. The van der Waals surface area contributed by atoms with E-state index in [-0.39, 0.29) is 18.3 Å². The average molecular weight is 441 g/mol. The third kappa shape index (κ3) is 3.36. The largest absolute Gasteiger partial charge is 0.495 e. The number of fused-ring (bicyclic) bond motifs is 2. The summed E-state index contributed by atoms with van der Waals surface area (Å²) in [4.78, 5) is 14.5. The van der Waals surface area contributed by atoms with Crippen molar-refractivity contribution in [2.45, 2.75) is 38.9 Å². The van der Waals surface area contributed by atoms with Gasteiger partial charge in [0.2, 0.25) is 0 Å². The van der Waals surface area contributed by atoms with Crippen LogP contribution in [0.1, 0.15) is 27.7 Å². The van der Waals surface area contributed by atoms with Crippen molar-refractivity contribution < 1.29 is 9.31 Å². The summed E-state index contributed by atoms with van der Waals surface area (Å²) in [5.41, 5.74) is 2.18. The molecule has 0 radical (unpaired) electrons. The molecule has 0 aliphatic carbocycles. The predicted octanol–water partition coefficient (Wildman–Crippen LogP) is 4.19. The minimum Gasteiger partial charge on any atom is -0.399 e. The molecule has 0 amide bonds. The molecule has 1 aliphatic rings. The van der Waals surface area contributed by atoms with Crippen LogP contribution in [0, 0.1) is 0 Å². The smallest absolute Gasteiger partial charge is 0.399 e. The van der Waals surface area contributed by atoms with E-state index in [9.17, 15) is 0 Å². The number of H-pyrrole nitrogens is 2. The van der Waals surface area contributed by atoms with Crippen LogP contribution in [-0.4, -0.2) is 38.3 Å². The second-order valence-corrected chi connectivity index (χ2v) is 8.62. The Labute approximate surface area is 172 Å². The molecule has 4 aromatic heterocycles. The maximum atomic E-state index is 6.06. The molecule has 1 fully saturated rings. The van der Waals surface area contributed by atoms with Gasteiger partial charge in [-0.2, -0.15) is 0 Å². The Hall–Kier alpha value is -2.16. The summed E-state index contributed by atoms with van der Waals surface area (Å²) >= 11 is 3.42. The van der Waals surface area contributed by atoms with Crippen molar-refractivity contribution >= 4 is 50.6 Å². The van der Waals surface area contributed by atoms with Gasteiger partial charge in [-0.15, -0.1) is 0 Å². The summed E-state index contributed by atoms with van der Waals surface area (Å²) in [7, 11) is -0.337. The topological polar surface area (TPSA) is 75.8 Å². The lowest BCUT2D eigenvalue weighted by atomic mass is 9.78. The lowest BCUT2D eigenvalue weighted by Crippen LogP contribution is -2.41. The number of halogens is 1. The number of aromatic nitrogens is 4. The predicted molar refractivity (Wildman–Crippen MR) is 116 cm³/mol. The van der Waals surface area contributed by atoms with E-state index < -0.39 is 0 Å². The fourth-order valence-corrected chi connectivity index (χ4v) is 3.52. The zero-order chi connectivity index (χ0) is 19.9. The van der Waals surface area contributed by atoms with E-state index in [2.05, 4.69) is 63.6 Å². The minimum absolute atomic E-state index is 0.316. The highest BCUT2D eigenvalue weighted by atomic mass is 79.9. The van der Waals surface area contributed by atoms with Crippen LogP contribution in [0.3, 0.4) is 0 Å². The van der Waals surface area contributed by atoms with Crippen LogP contribution in [0.4, 0.5) is 0 Å². The zero-order valence-corrected chi connectivity index (χ0v) is 17.9. The molecular formula is C20H22BBrN4O2. The van der Waals surface area contributed by atoms with Crippen LogP contribution in [0.2, 0.25) is 0 Å². The van der Waals surface area contributed by atoms with Gasteiger partial charge in [0.25, 0.3) is 0 Å². The molecule has 5 heterocycles. The van der Waals surface area contributed by atoms with Crippen molar-refractivity contribution in [1.82, 2.24) is 19.9 Å². The van der Waals surface area contributed by atoms with Crippen LogP contribution < -0.4 is 5.46 Å². The third-order valence-corrected chi connectivity index (χ3v) is 6.10. The van der Waals surface area contributed by atoms with Crippen molar-refractivity contribution in [3.63, 3.8) is 0 Å². The van der Waals surface area contributed by atoms with Crippen molar-refractivity contribution in [3.05, 3.63) is 53.5 Å². The summed E-state index contributed by atoms with van der Waals surface area (Å²) in [6, 6.07) is 7.88. The van der Waals surface area contributed by atoms with Gasteiger partial charge in [-0.05, 0) is 73.4 Å². The summed E-state index contributed by atoms with van der Waals surface area (Å²) in [5, 5.41) is 2.18. The van der Waals surface area contributed by atoms with E-state index in [1.54, 1.807) is 12.4 Å². The van der Waals surface area contributed by atoms with E-state index in [1.807, 2.05) is 36.7 Å². The first-order chi connectivity index (χ1) is 13.3. The second-order valence-electron chi connectivity index (χ2n) is 7.76. The van der Waals surface area contributed by atoms with Crippen LogP contribution in [0.15, 0.2) is 53.5 Å². The van der Waals surface area contributed by atoms with Gasteiger partial charge in [-0.3, -0.25) is 0 Å². The molecule has 4 aromatic rings. The van der Waals surface area contributed by atoms with Crippen LogP contribution in [-0.2, 0) is 9.31 Å². The second kappa shape index (κ2) is 7.02. The number of aromatic amines is 2. The molecule has 0 saturated carbocycles. The Morgan fingerprint density at radius 3 is 1.96 bits per heavy atom. The van der Waals surface area contributed by atoms with Crippen LogP contribution in [0.25, 0.3) is 22.1 Å². The van der Waals surface area contributed by atoms with Gasteiger partial charge in [0.1, 0.15) is 11.3 Å². The average Bonchev–Trinajstić information content (AvgIpc) is 3.34. The molecule has 6 nitrogen and oxygen atoms in total. The van der Waals surface area contributed by atoms with Crippen molar-refractivity contribution in [3.8, 4) is 0 Å². The molecule has 8 heteroatoms. The number of hydrogen-bond acceptors (Lipinski definition) is 4. The van der Waals surface area contributed by atoms with Crippen molar-refractivity contribution in [1.29, 1.82) is 0 Å². The Morgan fingerprint density at radius 2 is 1.36 bits per heavy atom. The molecule has 0 atom stereocenters. The first kappa shape index (κ1) is 19.2. The first-order valence-electron chi connectivity index (χ1n) is 9.14. The van der Waals surface area contributed by atoms with E-state index in [0.29, 0.717) is 0 Å². The first-order valence-corrected chi connectivity index (χ1v) is 9.93. The molecule has 5 rings (SSSR count). The third-order valence-electron chi connectivity index (χ3n) is 5.41. The van der Waals surface area contributed by atoms with E-state index in [0.717, 1.165) is 32.0 Å². The number of pyridine rings is 2. The van der Waals surface area contributed by atoms with Crippen molar-refractivity contribution in [2.24, 2.45) is 0 Å². The summed E-state index contributed by atoms with van der Waals surface area (Å²) < 4.78 is 13.2. The summed E-state index contributed by atoms with van der Waals surface area (Å²) in [5.74, 6) is 0. The Balaban J connectivity index is 0.000000162. The minimum atomic E-state index is -0.337. The van der Waals surface area contributed by atoms with E-state index >= 15 is 0 Å². The van der Waals surface area contributed by atoms with E-state index in [4.69, 9.17) is 9.31 Å². The standard InChI is InChI=1S/C13H17BN2O2.C7H5BrN2/c1-12(2)13(3,4)18-14(17-12)10-6-8-16-11-9(10)5-7-15-11;8-6-2-4-10-7-5(6)1-3-9-7/h5-8H,1-4H3,(H,15,16);1-4H,(H,9,10). The van der Waals surface area contributed by atoms with Gasteiger partial charge < -0.3 is 19.3 Å². The molecule has 2 N–H and O–H groups in total. The molecule has 28 heavy (non-hydrogen) atoms. The Bertz CT molecular complexity index is 1110. The molecule has 0 spiro atoms. The maximum absolute atomic E-state index is 6.06. The number of rotatable bonds is 1. The Morgan fingerprint density at radius 1 is 0.821 bits per heavy atom. The number of hydrogen-bond donors (Lipinski definition) is 2. The number of nitrogens with zero attached hydrogens (tertiary/aromatic N) is 2. The van der Waals surface area contributed by atoms with Crippen molar-refractivity contribution in [2.75, 3.05) is 0 Å². The van der Waals surface area contributed by atoms with Gasteiger partial charge in [0, 0.05) is 40.0 Å². The normalized spacial score (nSPS) is 17.7. The fourth-order valence-electron chi connectivity index (χ4n) is 3.08. The molecule has 144 valence electrons. The van der Waals surface area contributed by atoms with Gasteiger partial charge in [-0.1, -0.05) is 0 Å². The Kier molecular flexibility index (Phi) is 4.81. The quantitative estimate of drug-likeness (QED) is 0.435. The zero-order valence-electron chi connectivity index (χ0n) is 16.3. The lowest BCUT2D eigenvalue weighted by molar-refractivity contribution is 0.00578. The molecule has 0 bridgehead atoms. The van der Waals surface area contributed by atoms with Crippen LogP contribution in [0.5, 0.6) is 0 Å². The highest BCUT2D eigenvalue weighted by Crippen LogP contribution is 2.36. The summed E-state index contributed by atoms with van der Waals surface area (Å²) in [6.45, 7) is 8.23. The maximum Gasteiger partial charge on any atom is 0.495 e. The SMILES string of the molecule is Brc1ccnc2[nH]ccc12.CC1(C)OB(c2ccnc3[nH]ccc23)OC1(C)C. The van der Waals surface area contributed by atoms with Gasteiger partial charge >= 0.3 is 7.12 Å². The monoisotopic (exact) mass is 440 g/mol. The molecule has 1 saturated heterocycles. The van der Waals surface area contributed by atoms with E-state index in [1.165, 1.54) is 0 Å². The molecule has 0 unspecified atom stereocenters. The molecular weight excluding hydrogens is 419 g/mol. The number of nitrogens with one attached hydrogen (secondary N) is 2. The van der Waals surface area contributed by atoms with Gasteiger partial charge in [0.05, 0.1) is 11.2 Å². The lowest BCUT2D eigenvalue weighted by Gasteiger charge is -2.32. The van der Waals surface area contributed by atoms with Crippen LogP contribution >= 0.6 is 15.9 Å². The van der Waals surface area contributed by atoms with Gasteiger partial charge in [0.15, 0.2) is 0 Å². The molecule has 1 aliphatic heterocycles. The fraction of sp³-hybridized carbons (Fsp3) is 0.300. The highest BCUT2D eigenvalue weighted by molar-refractivity contribution is 9.10. The summed E-state index contributed by atoms with van der Waals surface area (Å²) in [6.07, 6.45) is 7.30.